The Balaban J connectivity index is 1.95. The molecule has 0 saturated carbocycles. The zero-order valence-electron chi connectivity index (χ0n) is 15.8. The molecular formula is C23H23Cl3SiTi. The summed E-state index contributed by atoms with van der Waals surface area (Å²) in [6.45, 7) is 2.27. The van der Waals surface area contributed by atoms with Crippen LogP contribution in [0.2, 0.25) is 6.04 Å². The van der Waals surface area contributed by atoms with Crippen molar-refractivity contribution in [2.24, 2.45) is 0 Å². The minimum absolute atomic E-state index is 0.373. The standard InChI is InChI=1S/C23H23Si.3ClH.Ti/c1-2-3-17-24(18-11-5-4-6-12-18)23-21-15-9-7-13-19(21)20-14-8-10-16-22(20)23;;;;/h4-15,23-24H,2-3,17H2,1H3;3*1H;/q;;;;+3/p-3. The Morgan fingerprint density at radius 3 is 2.21 bits per heavy atom. The minimum atomic E-state index is -3.57. The van der Waals surface area contributed by atoms with Crippen molar-refractivity contribution in [3.05, 3.63) is 83.9 Å². The molecule has 2 unspecified atom stereocenters. The van der Waals surface area contributed by atoms with Crippen LogP contribution in [0.25, 0.3) is 11.1 Å². The van der Waals surface area contributed by atoms with Crippen LogP contribution in [0.3, 0.4) is 0 Å². The summed E-state index contributed by atoms with van der Waals surface area (Å²) in [6.07, 6.45) is 2.46. The number of unbranched alkanes of at least 4 members (excludes halogenated alkanes) is 1. The van der Waals surface area contributed by atoms with Gasteiger partial charge < -0.3 is 0 Å². The second-order valence-electron chi connectivity index (χ2n) is 7.49. The van der Waals surface area contributed by atoms with Gasteiger partial charge in [0, 0.05) is 0 Å². The molecule has 0 bridgehead atoms. The van der Waals surface area contributed by atoms with E-state index in [9.17, 15) is 0 Å². The zero-order chi connectivity index (χ0) is 19.7. The fourth-order valence-electron chi connectivity index (χ4n) is 4.62. The molecule has 5 heteroatoms. The Hall–Kier alpha value is -0.539. The Kier molecular flexibility index (Phi) is 6.42. The molecule has 0 aliphatic heterocycles. The van der Waals surface area contributed by atoms with Gasteiger partial charge in [-0.1, -0.05) is 0 Å². The third-order valence-corrected chi connectivity index (χ3v) is 13.7. The van der Waals surface area contributed by atoms with E-state index in [1.165, 1.54) is 46.3 Å². The Bertz CT molecular complexity index is 969. The van der Waals surface area contributed by atoms with Crippen LogP contribution in [0, 0.1) is 0 Å². The van der Waals surface area contributed by atoms with Gasteiger partial charge in [0.2, 0.25) is 0 Å². The Morgan fingerprint density at radius 2 is 1.50 bits per heavy atom. The van der Waals surface area contributed by atoms with E-state index in [0.29, 0.717) is 5.54 Å². The summed E-state index contributed by atoms with van der Waals surface area (Å²) in [4.78, 5) is 0. The maximum atomic E-state index is 6.64. The summed E-state index contributed by atoms with van der Waals surface area (Å²) >= 11 is -3.57. The molecule has 1 aliphatic rings. The van der Waals surface area contributed by atoms with E-state index in [2.05, 4.69) is 79.7 Å². The third-order valence-electron chi connectivity index (χ3n) is 5.81. The molecule has 0 saturated heterocycles. The molecule has 0 aromatic heterocycles. The van der Waals surface area contributed by atoms with Crippen molar-refractivity contribution in [3.63, 3.8) is 0 Å². The molecule has 144 valence electrons. The first-order chi connectivity index (χ1) is 13.5. The molecule has 0 N–H and O–H groups in total. The first kappa shape index (κ1) is 20.7. The molecular weight excluding hydrogens is 459 g/mol. The van der Waals surface area contributed by atoms with E-state index in [1.807, 2.05) is 0 Å². The van der Waals surface area contributed by atoms with Crippen molar-refractivity contribution < 1.29 is 13.4 Å². The van der Waals surface area contributed by atoms with Gasteiger partial charge in [-0.15, -0.1) is 0 Å². The van der Waals surface area contributed by atoms with Crippen LogP contribution in [-0.4, -0.2) is 8.80 Å². The molecule has 28 heavy (non-hydrogen) atoms. The van der Waals surface area contributed by atoms with E-state index in [1.54, 1.807) is 0 Å². The van der Waals surface area contributed by atoms with Crippen molar-refractivity contribution in [1.82, 2.24) is 0 Å². The molecule has 0 amide bonds. The molecule has 0 fully saturated rings. The van der Waals surface area contributed by atoms with Crippen LogP contribution < -0.4 is 9.05 Å². The van der Waals surface area contributed by atoms with Crippen molar-refractivity contribution in [2.75, 3.05) is 0 Å². The summed E-state index contributed by atoms with van der Waals surface area (Å²) < 4.78 is 1.02. The summed E-state index contributed by atoms with van der Waals surface area (Å²) in [7, 11) is 18.5. The van der Waals surface area contributed by atoms with Crippen LogP contribution >= 0.6 is 27.9 Å². The van der Waals surface area contributed by atoms with Crippen molar-refractivity contribution in [3.8, 4) is 11.1 Å². The van der Waals surface area contributed by atoms with Gasteiger partial charge in [-0.2, -0.15) is 0 Å². The molecule has 3 aromatic rings. The second kappa shape index (κ2) is 8.68. The Labute approximate surface area is 184 Å². The van der Waals surface area contributed by atoms with Crippen molar-refractivity contribution in [1.29, 1.82) is 0 Å². The molecule has 4 rings (SSSR count). The topological polar surface area (TPSA) is 0 Å². The van der Waals surface area contributed by atoms with Crippen LogP contribution in [0.5, 0.6) is 0 Å². The fourth-order valence-corrected chi connectivity index (χ4v) is 12.4. The third kappa shape index (κ3) is 3.90. The van der Waals surface area contributed by atoms with Gasteiger partial charge in [0.1, 0.15) is 0 Å². The number of benzene rings is 3. The monoisotopic (exact) mass is 480 g/mol. The van der Waals surface area contributed by atoms with Crippen molar-refractivity contribution in [2.45, 2.75) is 31.4 Å². The molecule has 0 spiro atoms. The van der Waals surface area contributed by atoms with Gasteiger partial charge in [-0.05, 0) is 0 Å². The zero-order valence-corrected chi connectivity index (χ0v) is 20.8. The van der Waals surface area contributed by atoms with Crippen LogP contribution in [-0.2, 0) is 13.4 Å². The number of rotatable bonds is 6. The average molecular weight is 482 g/mol. The molecule has 0 heterocycles. The van der Waals surface area contributed by atoms with Crippen molar-refractivity contribution >= 4 is 45.8 Å². The summed E-state index contributed by atoms with van der Waals surface area (Å²) in [5, 5.41) is 1.51. The summed E-state index contributed by atoms with van der Waals surface area (Å²) in [6, 6.07) is 27.5. The molecule has 2 atom stereocenters. The van der Waals surface area contributed by atoms with E-state index in [0.717, 1.165) is 3.87 Å². The SMILES string of the molecule is CCCC[SiH](c1ccccc1)C1c2ccccc2-c2ccc[c]([Ti]([Cl])([Cl])[Cl])c21. The van der Waals surface area contributed by atoms with Gasteiger partial charge in [0.15, 0.2) is 0 Å². The van der Waals surface area contributed by atoms with Crippen LogP contribution in [0.15, 0.2) is 72.8 Å². The van der Waals surface area contributed by atoms with Gasteiger partial charge in [-0.3, -0.25) is 0 Å². The van der Waals surface area contributed by atoms with Gasteiger partial charge in [-0.25, -0.2) is 0 Å². The van der Waals surface area contributed by atoms with E-state index in [-0.39, 0.29) is 0 Å². The Morgan fingerprint density at radius 1 is 0.821 bits per heavy atom. The maximum absolute atomic E-state index is 6.64. The van der Waals surface area contributed by atoms with Gasteiger partial charge in [0.25, 0.3) is 0 Å². The predicted molar refractivity (Wildman–Crippen MR) is 124 cm³/mol. The summed E-state index contributed by atoms with van der Waals surface area (Å²) in [5.74, 6) is 0. The molecule has 1 aliphatic carbocycles. The van der Waals surface area contributed by atoms with Gasteiger partial charge in [0.05, 0.1) is 0 Å². The van der Waals surface area contributed by atoms with E-state index >= 15 is 0 Å². The number of hydrogen-bond donors (Lipinski definition) is 0. The quantitative estimate of drug-likeness (QED) is 0.352. The van der Waals surface area contributed by atoms with E-state index < -0.39 is 22.2 Å². The number of fused-ring (bicyclic) bond motifs is 3. The van der Waals surface area contributed by atoms with Gasteiger partial charge >= 0.3 is 186 Å². The van der Waals surface area contributed by atoms with Crippen LogP contribution in [0.1, 0.15) is 36.4 Å². The molecule has 3 aromatic carbocycles. The first-order valence-corrected chi connectivity index (χ1v) is 19.2. The molecule has 0 radical (unpaired) electrons. The second-order valence-corrected chi connectivity index (χ2v) is 22.4. The average Bonchev–Trinajstić information content (AvgIpc) is 3.03. The predicted octanol–water partition coefficient (Wildman–Crippen LogP) is 6.51. The molecule has 0 nitrogen and oxygen atoms in total. The number of halogens is 3. The normalized spacial score (nSPS) is 16.5. The first-order valence-electron chi connectivity index (χ1n) is 9.86. The van der Waals surface area contributed by atoms with E-state index in [4.69, 9.17) is 27.9 Å². The van der Waals surface area contributed by atoms with Crippen LogP contribution in [0.4, 0.5) is 0 Å². The number of hydrogen-bond acceptors (Lipinski definition) is 0. The fraction of sp³-hybridized carbons (Fsp3) is 0.217. The summed E-state index contributed by atoms with van der Waals surface area (Å²) in [5.41, 5.74) is 5.72.